The first-order valence-corrected chi connectivity index (χ1v) is 8.90. The summed E-state index contributed by atoms with van der Waals surface area (Å²) in [5.41, 5.74) is 0.930. The van der Waals surface area contributed by atoms with Crippen molar-refractivity contribution in [2.45, 2.75) is 39.0 Å². The lowest BCUT2D eigenvalue weighted by molar-refractivity contribution is -0.147. The molecular formula is C16H22O4S. The minimum Gasteiger partial charge on any atom is -0.481 e. The van der Waals surface area contributed by atoms with Crippen LogP contribution in [0.2, 0.25) is 0 Å². The summed E-state index contributed by atoms with van der Waals surface area (Å²) < 4.78 is 23.3. The molecule has 0 bridgehead atoms. The van der Waals surface area contributed by atoms with Gasteiger partial charge in [-0.15, -0.1) is 0 Å². The second-order valence-electron chi connectivity index (χ2n) is 7.05. The predicted octanol–water partition coefficient (Wildman–Crippen LogP) is 2.42. The maximum Gasteiger partial charge on any atom is 0.311 e. The van der Waals surface area contributed by atoms with E-state index in [1.54, 1.807) is 0 Å². The van der Waals surface area contributed by atoms with Crippen LogP contribution in [0.1, 0.15) is 38.3 Å². The van der Waals surface area contributed by atoms with Crippen molar-refractivity contribution < 1.29 is 18.3 Å². The van der Waals surface area contributed by atoms with Crippen LogP contribution >= 0.6 is 0 Å². The summed E-state index contributed by atoms with van der Waals surface area (Å²) >= 11 is 0. The standard InChI is InChI=1S/C16H22O4S/c1-15(2,3)13-6-4-12(5-7-13)10-16(14(17)18)8-9-21(19,20)11-16/h4-7H,8-11H2,1-3H3,(H,17,18). The summed E-state index contributed by atoms with van der Waals surface area (Å²) in [6.45, 7) is 6.35. The molecule has 1 aliphatic heterocycles. The zero-order valence-corrected chi connectivity index (χ0v) is 13.5. The Kier molecular flexibility index (Phi) is 3.91. The van der Waals surface area contributed by atoms with Crippen molar-refractivity contribution in [1.82, 2.24) is 0 Å². The summed E-state index contributed by atoms with van der Waals surface area (Å²) in [5, 5.41) is 9.48. The van der Waals surface area contributed by atoms with Crippen molar-refractivity contribution in [3.8, 4) is 0 Å². The first-order chi connectivity index (χ1) is 9.54. The van der Waals surface area contributed by atoms with Crippen LogP contribution in [0.4, 0.5) is 0 Å². The van der Waals surface area contributed by atoms with Crippen molar-refractivity contribution in [2.75, 3.05) is 11.5 Å². The highest BCUT2D eigenvalue weighted by Crippen LogP contribution is 2.36. The van der Waals surface area contributed by atoms with Crippen LogP contribution in [0, 0.1) is 5.41 Å². The third-order valence-corrected chi connectivity index (χ3v) is 6.02. The molecular weight excluding hydrogens is 288 g/mol. The number of carboxylic acid groups (broad SMARTS) is 1. The van der Waals surface area contributed by atoms with Gasteiger partial charge < -0.3 is 5.11 Å². The predicted molar refractivity (Wildman–Crippen MR) is 82.2 cm³/mol. The van der Waals surface area contributed by atoms with Crippen molar-refractivity contribution in [3.63, 3.8) is 0 Å². The monoisotopic (exact) mass is 310 g/mol. The van der Waals surface area contributed by atoms with Crippen LogP contribution < -0.4 is 0 Å². The van der Waals surface area contributed by atoms with E-state index in [1.165, 1.54) is 5.56 Å². The average molecular weight is 310 g/mol. The molecule has 0 aliphatic carbocycles. The molecule has 1 aliphatic rings. The van der Waals surface area contributed by atoms with E-state index < -0.39 is 21.2 Å². The molecule has 1 unspecified atom stereocenters. The molecule has 116 valence electrons. The van der Waals surface area contributed by atoms with Crippen LogP contribution in [0.3, 0.4) is 0 Å². The molecule has 1 atom stereocenters. The number of rotatable bonds is 3. The van der Waals surface area contributed by atoms with Gasteiger partial charge in [-0.3, -0.25) is 4.79 Å². The Bertz CT molecular complexity index is 638. The smallest absolute Gasteiger partial charge is 0.311 e. The number of benzene rings is 1. The van der Waals surface area contributed by atoms with Crippen molar-refractivity contribution in [3.05, 3.63) is 35.4 Å². The lowest BCUT2D eigenvalue weighted by Gasteiger charge is -2.23. The van der Waals surface area contributed by atoms with E-state index in [0.29, 0.717) is 0 Å². The van der Waals surface area contributed by atoms with E-state index in [2.05, 4.69) is 20.8 Å². The van der Waals surface area contributed by atoms with Crippen LogP contribution in [-0.4, -0.2) is 31.0 Å². The molecule has 0 saturated carbocycles. The Morgan fingerprint density at radius 1 is 1.24 bits per heavy atom. The number of carbonyl (C=O) groups is 1. The average Bonchev–Trinajstić information content (AvgIpc) is 2.66. The molecule has 1 fully saturated rings. The zero-order valence-electron chi connectivity index (χ0n) is 12.7. The molecule has 0 spiro atoms. The van der Waals surface area contributed by atoms with E-state index in [0.717, 1.165) is 5.56 Å². The van der Waals surface area contributed by atoms with Gasteiger partial charge >= 0.3 is 5.97 Å². The van der Waals surface area contributed by atoms with Gasteiger partial charge in [-0.25, -0.2) is 8.42 Å². The summed E-state index contributed by atoms with van der Waals surface area (Å²) in [6, 6.07) is 7.81. The number of hydrogen-bond acceptors (Lipinski definition) is 3. The SMILES string of the molecule is CC(C)(C)c1ccc(CC2(C(=O)O)CCS(=O)(=O)C2)cc1. The first-order valence-electron chi connectivity index (χ1n) is 7.07. The van der Waals surface area contributed by atoms with Gasteiger partial charge in [0, 0.05) is 0 Å². The number of sulfone groups is 1. The van der Waals surface area contributed by atoms with Gasteiger partial charge in [-0.1, -0.05) is 45.0 Å². The van der Waals surface area contributed by atoms with Gasteiger partial charge in [0.15, 0.2) is 9.84 Å². The fraction of sp³-hybridized carbons (Fsp3) is 0.562. The second-order valence-corrected chi connectivity index (χ2v) is 9.24. The lowest BCUT2D eigenvalue weighted by Crippen LogP contribution is -2.34. The Morgan fingerprint density at radius 2 is 1.81 bits per heavy atom. The minimum absolute atomic E-state index is 0.0284. The highest BCUT2D eigenvalue weighted by atomic mass is 32.2. The van der Waals surface area contributed by atoms with Gasteiger partial charge in [-0.05, 0) is 29.4 Å². The Morgan fingerprint density at radius 3 is 2.19 bits per heavy atom. The molecule has 4 nitrogen and oxygen atoms in total. The fourth-order valence-electron chi connectivity index (χ4n) is 2.81. The summed E-state index contributed by atoms with van der Waals surface area (Å²) in [4.78, 5) is 11.6. The topological polar surface area (TPSA) is 71.4 Å². The Balaban J connectivity index is 2.25. The zero-order chi connectivity index (χ0) is 15.9. The van der Waals surface area contributed by atoms with Crippen LogP contribution in [-0.2, 0) is 26.5 Å². The van der Waals surface area contributed by atoms with Gasteiger partial charge in [0.25, 0.3) is 0 Å². The highest BCUT2D eigenvalue weighted by Gasteiger charge is 2.48. The molecule has 1 saturated heterocycles. The number of aliphatic carboxylic acids is 1. The molecule has 1 aromatic carbocycles. The quantitative estimate of drug-likeness (QED) is 0.930. The third-order valence-electron chi connectivity index (χ3n) is 4.20. The van der Waals surface area contributed by atoms with E-state index in [4.69, 9.17) is 0 Å². The van der Waals surface area contributed by atoms with Crippen molar-refractivity contribution in [1.29, 1.82) is 0 Å². The van der Waals surface area contributed by atoms with Gasteiger partial charge in [0.05, 0.1) is 16.9 Å². The second kappa shape index (κ2) is 5.13. The van der Waals surface area contributed by atoms with Crippen LogP contribution in [0.25, 0.3) is 0 Å². The van der Waals surface area contributed by atoms with Crippen molar-refractivity contribution in [2.24, 2.45) is 5.41 Å². The molecule has 0 radical (unpaired) electrons. The minimum atomic E-state index is -3.23. The van der Waals surface area contributed by atoms with Crippen LogP contribution in [0.15, 0.2) is 24.3 Å². The van der Waals surface area contributed by atoms with Gasteiger partial charge in [0.2, 0.25) is 0 Å². The van der Waals surface area contributed by atoms with Crippen molar-refractivity contribution >= 4 is 15.8 Å². The molecule has 2 rings (SSSR count). The Labute approximate surface area is 126 Å². The number of carboxylic acids is 1. The molecule has 1 heterocycles. The maximum atomic E-state index is 11.7. The largest absolute Gasteiger partial charge is 0.481 e. The van der Waals surface area contributed by atoms with Gasteiger partial charge in [0.1, 0.15) is 0 Å². The molecule has 5 heteroatoms. The van der Waals surface area contributed by atoms with Gasteiger partial charge in [-0.2, -0.15) is 0 Å². The maximum absolute atomic E-state index is 11.7. The molecule has 21 heavy (non-hydrogen) atoms. The van der Waals surface area contributed by atoms with E-state index in [1.807, 2.05) is 24.3 Å². The summed E-state index contributed by atoms with van der Waals surface area (Å²) in [7, 11) is -3.23. The fourth-order valence-corrected chi connectivity index (χ4v) is 4.87. The highest BCUT2D eigenvalue weighted by molar-refractivity contribution is 7.91. The lowest BCUT2D eigenvalue weighted by atomic mass is 9.80. The number of hydrogen-bond donors (Lipinski definition) is 1. The normalized spacial score (nSPS) is 24.9. The third kappa shape index (κ3) is 3.46. The van der Waals surface area contributed by atoms with E-state index in [-0.39, 0.29) is 29.8 Å². The Hall–Kier alpha value is -1.36. The summed E-state index contributed by atoms with van der Waals surface area (Å²) in [6.07, 6.45) is 0.470. The van der Waals surface area contributed by atoms with E-state index in [9.17, 15) is 18.3 Å². The van der Waals surface area contributed by atoms with E-state index >= 15 is 0 Å². The molecule has 0 amide bonds. The molecule has 0 aromatic heterocycles. The first kappa shape index (κ1) is 16.0. The van der Waals surface area contributed by atoms with Crippen LogP contribution in [0.5, 0.6) is 0 Å². The molecule has 1 aromatic rings. The summed E-state index contributed by atoms with van der Waals surface area (Å²) in [5.74, 6) is -1.29. The molecule has 1 N–H and O–H groups in total.